The Morgan fingerprint density at radius 2 is 2.23 bits per heavy atom. The van der Waals surface area contributed by atoms with Crippen molar-refractivity contribution >= 4 is 17.5 Å². The number of benzene rings is 1. The fourth-order valence-electron chi connectivity index (χ4n) is 4.51. The lowest BCUT2D eigenvalue weighted by Crippen LogP contribution is -2.54. The van der Waals surface area contributed by atoms with E-state index in [0.717, 1.165) is 6.42 Å². The van der Waals surface area contributed by atoms with Crippen LogP contribution in [0.1, 0.15) is 30.6 Å². The molecule has 3 rings (SSSR count). The molecule has 0 unspecified atom stereocenters. The van der Waals surface area contributed by atoms with Crippen LogP contribution in [0.15, 0.2) is 18.2 Å². The third-order valence-corrected chi connectivity index (χ3v) is 5.63. The maximum Gasteiger partial charge on any atom is 0.257 e. The molecule has 0 spiro atoms. The molecule has 1 aliphatic carbocycles. The second-order valence-electron chi connectivity index (χ2n) is 7.27. The van der Waals surface area contributed by atoms with Crippen molar-refractivity contribution in [3.63, 3.8) is 0 Å². The number of ether oxygens (including phenoxy) is 1. The van der Waals surface area contributed by atoms with Gasteiger partial charge in [-0.05, 0) is 36.0 Å². The van der Waals surface area contributed by atoms with E-state index in [2.05, 4.69) is 13.8 Å². The lowest BCUT2D eigenvalue weighted by atomic mass is 9.48. The summed E-state index contributed by atoms with van der Waals surface area (Å²) < 4.78 is 5.29. The van der Waals surface area contributed by atoms with Gasteiger partial charge in [-0.2, -0.15) is 0 Å². The number of fused-ring (bicyclic) bond motifs is 1. The summed E-state index contributed by atoms with van der Waals surface area (Å²) in [6.07, 6.45) is 0.956. The highest BCUT2D eigenvalue weighted by molar-refractivity contribution is 6.31. The largest absolute Gasteiger partial charge is 0.496 e. The van der Waals surface area contributed by atoms with Gasteiger partial charge in [0, 0.05) is 23.5 Å². The molecule has 1 saturated carbocycles. The summed E-state index contributed by atoms with van der Waals surface area (Å²) in [7, 11) is 1.55. The van der Waals surface area contributed by atoms with Gasteiger partial charge in [0.15, 0.2) is 0 Å². The number of carbonyl (C=O) groups is 1. The van der Waals surface area contributed by atoms with Crippen LogP contribution in [-0.4, -0.2) is 42.7 Å². The number of hydrogen-bond acceptors (Lipinski definition) is 3. The number of likely N-dealkylation sites (tertiary alicyclic amines) is 1. The van der Waals surface area contributed by atoms with E-state index in [0.29, 0.717) is 35.3 Å². The Morgan fingerprint density at radius 1 is 1.50 bits per heavy atom. The summed E-state index contributed by atoms with van der Waals surface area (Å²) >= 11 is 6.03. The van der Waals surface area contributed by atoms with E-state index >= 15 is 0 Å². The number of aliphatic hydroxyl groups excluding tert-OH is 1. The first-order valence-corrected chi connectivity index (χ1v) is 7.94. The molecule has 1 aromatic rings. The van der Waals surface area contributed by atoms with Crippen LogP contribution in [0.4, 0.5) is 0 Å². The first-order chi connectivity index (χ1) is 10.3. The lowest BCUT2D eigenvalue weighted by molar-refractivity contribution is -0.0977. The van der Waals surface area contributed by atoms with E-state index in [4.69, 9.17) is 16.3 Å². The van der Waals surface area contributed by atoms with E-state index in [9.17, 15) is 9.90 Å². The Bertz CT molecular complexity index is 616. The molecular weight excluding hydrogens is 302 g/mol. The highest BCUT2D eigenvalue weighted by Crippen LogP contribution is 2.62. The average molecular weight is 324 g/mol. The minimum atomic E-state index is -0.134. The van der Waals surface area contributed by atoms with Crippen LogP contribution >= 0.6 is 11.6 Å². The maximum atomic E-state index is 12.9. The van der Waals surface area contributed by atoms with Crippen molar-refractivity contribution in [2.45, 2.75) is 20.3 Å². The molecule has 0 radical (unpaired) electrons. The average Bonchev–Trinajstić information content (AvgIpc) is 2.82. The number of hydrogen-bond donors (Lipinski definition) is 1. The second kappa shape index (κ2) is 5.14. The normalized spacial score (nSPS) is 29.0. The molecule has 5 heteroatoms. The number of amides is 1. The quantitative estimate of drug-likeness (QED) is 0.930. The fourth-order valence-corrected chi connectivity index (χ4v) is 4.68. The number of rotatable bonds is 3. The minimum Gasteiger partial charge on any atom is -0.496 e. The van der Waals surface area contributed by atoms with Gasteiger partial charge in [0.2, 0.25) is 0 Å². The molecule has 2 aliphatic rings. The van der Waals surface area contributed by atoms with Gasteiger partial charge < -0.3 is 14.7 Å². The van der Waals surface area contributed by atoms with Gasteiger partial charge in [0.25, 0.3) is 5.91 Å². The van der Waals surface area contributed by atoms with Crippen LogP contribution in [-0.2, 0) is 0 Å². The molecule has 0 aromatic heterocycles. The van der Waals surface area contributed by atoms with Crippen molar-refractivity contribution < 1.29 is 14.6 Å². The highest BCUT2D eigenvalue weighted by Gasteiger charge is 2.63. The predicted molar refractivity (Wildman–Crippen MR) is 85.3 cm³/mol. The van der Waals surface area contributed by atoms with Crippen molar-refractivity contribution in [3.05, 3.63) is 28.8 Å². The Morgan fingerprint density at radius 3 is 2.77 bits per heavy atom. The van der Waals surface area contributed by atoms with Crippen LogP contribution in [0.2, 0.25) is 5.02 Å². The highest BCUT2D eigenvalue weighted by atomic mass is 35.5. The maximum absolute atomic E-state index is 12.9. The van der Waals surface area contributed by atoms with E-state index in [1.807, 2.05) is 4.90 Å². The Hall–Kier alpha value is -1.26. The Balaban J connectivity index is 1.87. The molecule has 1 amide bonds. The Labute approximate surface area is 136 Å². The second-order valence-corrected chi connectivity index (χ2v) is 7.71. The standard InChI is InChI=1S/C17H22ClNO3/c1-16(2)8-17(10-20)9-19(7-14(16)17)15(21)12-6-11(18)4-5-13(12)22-3/h4-6,14,20H,7-10H2,1-3H3/t14-,17-/m1/s1. The van der Waals surface area contributed by atoms with Crippen LogP contribution in [0.25, 0.3) is 0 Å². The topological polar surface area (TPSA) is 49.8 Å². The minimum absolute atomic E-state index is 0.0719. The van der Waals surface area contributed by atoms with Gasteiger partial charge in [-0.15, -0.1) is 0 Å². The van der Waals surface area contributed by atoms with E-state index in [1.165, 1.54) is 0 Å². The summed E-state index contributed by atoms with van der Waals surface area (Å²) in [4.78, 5) is 14.7. The van der Waals surface area contributed by atoms with Gasteiger partial charge in [-0.1, -0.05) is 25.4 Å². The summed E-state index contributed by atoms with van der Waals surface area (Å²) in [6.45, 7) is 5.84. The van der Waals surface area contributed by atoms with E-state index in [-0.39, 0.29) is 23.3 Å². The number of methoxy groups -OCH3 is 1. The molecule has 2 atom stereocenters. The van der Waals surface area contributed by atoms with Crippen LogP contribution < -0.4 is 4.74 Å². The zero-order valence-corrected chi connectivity index (χ0v) is 14.0. The first-order valence-electron chi connectivity index (χ1n) is 7.57. The molecule has 2 fully saturated rings. The monoisotopic (exact) mass is 323 g/mol. The molecule has 1 aliphatic heterocycles. The van der Waals surface area contributed by atoms with Gasteiger partial charge in [0.1, 0.15) is 5.75 Å². The van der Waals surface area contributed by atoms with Crippen molar-refractivity contribution in [1.82, 2.24) is 4.90 Å². The molecule has 1 N–H and O–H groups in total. The van der Waals surface area contributed by atoms with E-state index in [1.54, 1.807) is 25.3 Å². The molecular formula is C17H22ClNO3. The van der Waals surface area contributed by atoms with Gasteiger partial charge in [0.05, 0.1) is 19.3 Å². The van der Waals surface area contributed by atoms with E-state index < -0.39 is 0 Å². The number of aliphatic hydroxyl groups is 1. The summed E-state index contributed by atoms with van der Waals surface area (Å²) in [5, 5.41) is 10.3. The van der Waals surface area contributed by atoms with Crippen LogP contribution in [0.5, 0.6) is 5.75 Å². The van der Waals surface area contributed by atoms with Gasteiger partial charge in [-0.25, -0.2) is 0 Å². The van der Waals surface area contributed by atoms with Crippen molar-refractivity contribution in [2.75, 3.05) is 26.8 Å². The van der Waals surface area contributed by atoms with Gasteiger partial charge >= 0.3 is 0 Å². The molecule has 120 valence electrons. The van der Waals surface area contributed by atoms with Crippen molar-refractivity contribution in [2.24, 2.45) is 16.7 Å². The number of nitrogens with zero attached hydrogens (tertiary/aromatic N) is 1. The first kappa shape index (κ1) is 15.6. The molecule has 1 aromatic carbocycles. The van der Waals surface area contributed by atoms with Crippen LogP contribution in [0, 0.1) is 16.7 Å². The lowest BCUT2D eigenvalue weighted by Gasteiger charge is -2.55. The fraction of sp³-hybridized carbons (Fsp3) is 0.588. The van der Waals surface area contributed by atoms with Crippen molar-refractivity contribution in [1.29, 1.82) is 0 Å². The third-order valence-electron chi connectivity index (χ3n) is 5.39. The zero-order chi connectivity index (χ0) is 16.1. The summed E-state index contributed by atoms with van der Waals surface area (Å²) in [5.41, 5.74) is 0.531. The van der Waals surface area contributed by atoms with Crippen molar-refractivity contribution in [3.8, 4) is 5.75 Å². The number of halogens is 1. The number of carbonyl (C=O) groups excluding carboxylic acids is 1. The predicted octanol–water partition coefficient (Wildman–Crippen LogP) is 2.83. The van der Waals surface area contributed by atoms with Gasteiger partial charge in [-0.3, -0.25) is 4.79 Å². The molecule has 1 heterocycles. The summed E-state index contributed by atoms with van der Waals surface area (Å²) in [5.74, 6) is 0.808. The SMILES string of the molecule is COc1ccc(Cl)cc1C(=O)N1C[C@@H]2C(C)(C)C[C@]2(CO)C1. The molecule has 4 nitrogen and oxygen atoms in total. The molecule has 0 bridgehead atoms. The smallest absolute Gasteiger partial charge is 0.257 e. The Kier molecular flexibility index (Phi) is 3.65. The third kappa shape index (κ3) is 2.20. The molecule has 22 heavy (non-hydrogen) atoms. The molecule has 1 saturated heterocycles. The zero-order valence-electron chi connectivity index (χ0n) is 13.2. The van der Waals surface area contributed by atoms with Crippen LogP contribution in [0.3, 0.4) is 0 Å². The summed E-state index contributed by atoms with van der Waals surface area (Å²) in [6, 6.07) is 5.08.